The molecule has 0 aliphatic rings. The van der Waals surface area contributed by atoms with E-state index in [2.05, 4.69) is 10.6 Å². The molecule has 0 saturated heterocycles. The van der Waals surface area contributed by atoms with Gasteiger partial charge in [-0.15, -0.1) is 11.3 Å². The number of hydrogen-bond acceptors (Lipinski definition) is 4. The molecule has 3 N–H and O–H groups in total. The largest absolute Gasteiger partial charge is 0.491 e. The number of aliphatic hydroxyl groups is 1. The lowest BCUT2D eigenvalue weighted by atomic mass is 10.2. The van der Waals surface area contributed by atoms with Crippen LogP contribution >= 0.6 is 11.3 Å². The Hall–Kier alpha value is -2.05. The summed E-state index contributed by atoms with van der Waals surface area (Å²) >= 11 is 1.50. The number of rotatable bonds is 6. The molecule has 1 heterocycles. The number of aliphatic hydroxyl groups excluding tert-OH is 1. The molecule has 118 valence electrons. The van der Waals surface area contributed by atoms with E-state index in [1.807, 2.05) is 50.2 Å². The Morgan fingerprint density at radius 2 is 2.14 bits per heavy atom. The normalized spacial score (nSPS) is 11.8. The van der Waals surface area contributed by atoms with Crippen LogP contribution in [0.4, 0.5) is 9.80 Å². The quantitative estimate of drug-likeness (QED) is 0.766. The number of thiophene rings is 1. The molecular formula is C16H20N2O3S. The number of urea groups is 1. The van der Waals surface area contributed by atoms with Crippen LogP contribution in [-0.4, -0.2) is 30.4 Å². The average Bonchev–Trinajstić information content (AvgIpc) is 2.88. The molecule has 2 amide bonds. The predicted octanol–water partition coefficient (Wildman–Crippen LogP) is 2.93. The summed E-state index contributed by atoms with van der Waals surface area (Å²) in [5, 5.41) is 15.9. The van der Waals surface area contributed by atoms with Crippen molar-refractivity contribution in [2.24, 2.45) is 0 Å². The molecule has 2 rings (SSSR count). The van der Waals surface area contributed by atoms with Crippen LogP contribution in [0.25, 0.3) is 0 Å². The van der Waals surface area contributed by atoms with Crippen molar-refractivity contribution in [2.45, 2.75) is 20.0 Å². The van der Waals surface area contributed by atoms with E-state index < -0.39 is 6.10 Å². The van der Waals surface area contributed by atoms with Gasteiger partial charge in [-0.1, -0.05) is 12.1 Å². The van der Waals surface area contributed by atoms with Gasteiger partial charge >= 0.3 is 6.03 Å². The van der Waals surface area contributed by atoms with Crippen molar-refractivity contribution >= 4 is 22.4 Å². The minimum Gasteiger partial charge on any atom is -0.491 e. The first kappa shape index (κ1) is 16.3. The maximum atomic E-state index is 11.7. The van der Waals surface area contributed by atoms with Gasteiger partial charge in [0.05, 0.1) is 5.00 Å². The summed E-state index contributed by atoms with van der Waals surface area (Å²) in [4.78, 5) is 12.8. The zero-order valence-electron chi connectivity index (χ0n) is 12.6. The second-order valence-electron chi connectivity index (χ2n) is 5.03. The van der Waals surface area contributed by atoms with Crippen molar-refractivity contribution in [3.05, 3.63) is 46.8 Å². The highest BCUT2D eigenvalue weighted by Crippen LogP contribution is 2.20. The Kier molecular flexibility index (Phi) is 5.80. The lowest BCUT2D eigenvalue weighted by molar-refractivity contribution is 0.108. The fourth-order valence-corrected chi connectivity index (χ4v) is 2.59. The van der Waals surface area contributed by atoms with Gasteiger partial charge < -0.3 is 15.2 Å². The van der Waals surface area contributed by atoms with Crippen LogP contribution in [0.1, 0.15) is 10.4 Å². The summed E-state index contributed by atoms with van der Waals surface area (Å²) in [5.74, 6) is 0.706. The lowest BCUT2D eigenvalue weighted by Gasteiger charge is -2.13. The number of aryl methyl sites for hydroxylation is 2. The third-order valence-electron chi connectivity index (χ3n) is 2.91. The SMILES string of the molecule is Cc1cccc(OCC(O)CNC(=O)Nc2ccc(C)s2)c1. The molecule has 0 radical (unpaired) electrons. The van der Waals surface area contributed by atoms with Gasteiger partial charge in [0, 0.05) is 11.4 Å². The first-order chi connectivity index (χ1) is 10.5. The molecule has 5 nitrogen and oxygen atoms in total. The van der Waals surface area contributed by atoms with Gasteiger partial charge in [-0.2, -0.15) is 0 Å². The zero-order valence-corrected chi connectivity index (χ0v) is 13.4. The van der Waals surface area contributed by atoms with E-state index in [9.17, 15) is 9.90 Å². The molecule has 2 aromatic rings. The fraction of sp³-hybridized carbons (Fsp3) is 0.312. The molecule has 6 heteroatoms. The Labute approximate surface area is 133 Å². The van der Waals surface area contributed by atoms with Crippen LogP contribution in [0.3, 0.4) is 0 Å². The van der Waals surface area contributed by atoms with Crippen molar-refractivity contribution in [3.8, 4) is 5.75 Å². The molecule has 0 spiro atoms. The fourth-order valence-electron chi connectivity index (χ4n) is 1.82. The average molecular weight is 320 g/mol. The van der Waals surface area contributed by atoms with Crippen LogP contribution in [0.2, 0.25) is 0 Å². The third-order valence-corrected chi connectivity index (χ3v) is 3.82. The molecule has 0 bridgehead atoms. The molecule has 1 unspecified atom stereocenters. The third kappa shape index (κ3) is 5.38. The van der Waals surface area contributed by atoms with E-state index in [0.29, 0.717) is 5.75 Å². The van der Waals surface area contributed by atoms with E-state index in [-0.39, 0.29) is 19.2 Å². The summed E-state index contributed by atoms with van der Waals surface area (Å²) in [6.45, 7) is 4.20. The predicted molar refractivity (Wildman–Crippen MR) is 88.8 cm³/mol. The van der Waals surface area contributed by atoms with E-state index in [0.717, 1.165) is 15.4 Å². The smallest absolute Gasteiger partial charge is 0.319 e. The number of benzene rings is 1. The Bertz CT molecular complexity index is 627. The standard InChI is InChI=1S/C16H20N2O3S/c1-11-4-3-5-14(8-11)21-10-13(19)9-17-16(20)18-15-7-6-12(2)22-15/h3-8,13,19H,9-10H2,1-2H3,(H2,17,18,20). The Balaban J connectivity index is 1.68. The van der Waals surface area contributed by atoms with Gasteiger partial charge in [0.25, 0.3) is 0 Å². The number of nitrogens with one attached hydrogen (secondary N) is 2. The second-order valence-corrected chi connectivity index (χ2v) is 6.31. The summed E-state index contributed by atoms with van der Waals surface area (Å²) < 4.78 is 5.48. The maximum Gasteiger partial charge on any atom is 0.319 e. The molecule has 1 aromatic heterocycles. The van der Waals surface area contributed by atoms with Crippen LogP contribution in [0.15, 0.2) is 36.4 Å². The Morgan fingerprint density at radius 3 is 2.82 bits per heavy atom. The summed E-state index contributed by atoms with van der Waals surface area (Å²) in [6.07, 6.45) is -0.767. The van der Waals surface area contributed by atoms with Crippen molar-refractivity contribution in [1.29, 1.82) is 0 Å². The lowest BCUT2D eigenvalue weighted by Crippen LogP contribution is -2.37. The van der Waals surface area contributed by atoms with Crippen LogP contribution in [0, 0.1) is 13.8 Å². The van der Waals surface area contributed by atoms with E-state index in [1.54, 1.807) is 0 Å². The highest BCUT2D eigenvalue weighted by atomic mass is 32.1. The van der Waals surface area contributed by atoms with Gasteiger partial charge in [0.1, 0.15) is 18.5 Å². The van der Waals surface area contributed by atoms with Crippen molar-refractivity contribution in [3.63, 3.8) is 0 Å². The van der Waals surface area contributed by atoms with E-state index in [4.69, 9.17) is 4.74 Å². The van der Waals surface area contributed by atoms with Gasteiger partial charge in [-0.3, -0.25) is 5.32 Å². The van der Waals surface area contributed by atoms with Crippen LogP contribution in [0.5, 0.6) is 5.75 Å². The molecular weight excluding hydrogens is 300 g/mol. The molecule has 1 atom stereocenters. The van der Waals surface area contributed by atoms with Crippen molar-refractivity contribution in [2.75, 3.05) is 18.5 Å². The highest BCUT2D eigenvalue weighted by molar-refractivity contribution is 7.16. The van der Waals surface area contributed by atoms with Gasteiger partial charge in [0.2, 0.25) is 0 Å². The first-order valence-electron chi connectivity index (χ1n) is 7.02. The van der Waals surface area contributed by atoms with Gasteiger partial charge in [0.15, 0.2) is 0 Å². The van der Waals surface area contributed by atoms with Crippen molar-refractivity contribution < 1.29 is 14.6 Å². The molecule has 0 aliphatic carbocycles. The number of amides is 2. The van der Waals surface area contributed by atoms with Crippen LogP contribution in [-0.2, 0) is 0 Å². The molecule has 1 aromatic carbocycles. The number of anilines is 1. The van der Waals surface area contributed by atoms with Crippen LogP contribution < -0.4 is 15.4 Å². The number of carbonyl (C=O) groups is 1. The summed E-state index contributed by atoms with van der Waals surface area (Å²) in [6, 6.07) is 11.0. The number of ether oxygens (including phenoxy) is 1. The topological polar surface area (TPSA) is 70.6 Å². The first-order valence-corrected chi connectivity index (χ1v) is 7.83. The molecule has 0 aliphatic heterocycles. The van der Waals surface area contributed by atoms with Gasteiger partial charge in [-0.25, -0.2) is 4.79 Å². The van der Waals surface area contributed by atoms with E-state index >= 15 is 0 Å². The molecule has 0 fully saturated rings. The monoisotopic (exact) mass is 320 g/mol. The van der Waals surface area contributed by atoms with Gasteiger partial charge in [-0.05, 0) is 43.7 Å². The molecule has 0 saturated carbocycles. The number of hydrogen-bond donors (Lipinski definition) is 3. The highest BCUT2D eigenvalue weighted by Gasteiger charge is 2.09. The minimum absolute atomic E-state index is 0.127. The van der Waals surface area contributed by atoms with Crippen molar-refractivity contribution in [1.82, 2.24) is 5.32 Å². The summed E-state index contributed by atoms with van der Waals surface area (Å²) in [7, 11) is 0. The molecule has 22 heavy (non-hydrogen) atoms. The zero-order chi connectivity index (χ0) is 15.9. The second kappa shape index (κ2) is 7.82. The minimum atomic E-state index is -0.767. The Morgan fingerprint density at radius 1 is 1.32 bits per heavy atom. The van der Waals surface area contributed by atoms with E-state index in [1.165, 1.54) is 11.3 Å². The maximum absolute atomic E-state index is 11.7. The summed E-state index contributed by atoms with van der Waals surface area (Å²) in [5.41, 5.74) is 1.09. The number of carbonyl (C=O) groups excluding carboxylic acids is 1.